The standard InChI is InChI=1S/C54H65N3O9/c1-3-27-57(52(60)41-24-23-38-18-8-9-19-39(38)32-41)48-35-46(56-66-49-22-12-15-31-62-49)44-33-40(20-10-13-28-58)43(21-11-14-29-59)50-45-34-42(64-53(61)55-36-37-16-6-5-7-17-37)25-26-47(45)65-54(48,51(44)50)63-30-4-2/h4-9,16-19,23-26,32-34,40,43,48-51,58-59H,2-3,10-15,20-22,27-31,35-36H2,1H3,(H,55,61). The maximum atomic E-state index is 15.3. The number of nitrogens with one attached hydrogen (secondary N) is 1. The van der Waals surface area contributed by atoms with E-state index in [-0.39, 0.29) is 49.9 Å². The van der Waals surface area contributed by atoms with Crippen molar-refractivity contribution >= 4 is 28.5 Å². The fourth-order valence-corrected chi connectivity index (χ4v) is 10.7. The molecule has 2 fully saturated rings. The van der Waals surface area contributed by atoms with Crippen LogP contribution in [0, 0.1) is 17.8 Å². The Morgan fingerprint density at radius 3 is 2.48 bits per heavy atom. The third-order valence-corrected chi connectivity index (χ3v) is 13.7. The zero-order valence-corrected chi connectivity index (χ0v) is 38.2. The third kappa shape index (κ3) is 10.4. The van der Waals surface area contributed by atoms with Gasteiger partial charge in [-0.3, -0.25) is 4.79 Å². The minimum Gasteiger partial charge on any atom is -0.459 e. The van der Waals surface area contributed by atoms with Crippen LogP contribution in [0.5, 0.6) is 11.5 Å². The highest BCUT2D eigenvalue weighted by molar-refractivity contribution is 6.04. The third-order valence-electron chi connectivity index (χ3n) is 13.7. The summed E-state index contributed by atoms with van der Waals surface area (Å²) < 4.78 is 26.6. The number of hydrogen-bond donors (Lipinski definition) is 3. The van der Waals surface area contributed by atoms with E-state index in [2.05, 4.69) is 24.9 Å². The topological polar surface area (TPSA) is 148 Å². The SMILES string of the molecule is C=CCOC12Oc3ccc(OC(=O)NCc4ccccc4)cc3C3C(CCCCO)C(CCCCO)C=C(C(=NOC4CCCCO4)CC1N(CCC)C(=O)c1ccc4ccccc4c1)C32. The Labute approximate surface area is 388 Å². The van der Waals surface area contributed by atoms with Crippen molar-refractivity contribution in [1.82, 2.24) is 10.2 Å². The van der Waals surface area contributed by atoms with Crippen LogP contribution in [0.1, 0.15) is 105 Å². The summed E-state index contributed by atoms with van der Waals surface area (Å²) in [5.41, 5.74) is 3.99. The van der Waals surface area contributed by atoms with E-state index in [4.69, 9.17) is 28.9 Å². The first-order valence-electron chi connectivity index (χ1n) is 24.0. The lowest BCUT2D eigenvalue weighted by Gasteiger charge is -2.60. The van der Waals surface area contributed by atoms with Gasteiger partial charge in [-0.1, -0.05) is 97.7 Å². The zero-order valence-electron chi connectivity index (χ0n) is 38.2. The van der Waals surface area contributed by atoms with Gasteiger partial charge in [-0.05, 0) is 109 Å². The molecule has 2 aliphatic heterocycles. The highest BCUT2D eigenvalue weighted by Crippen LogP contribution is 2.62. The molecule has 0 spiro atoms. The van der Waals surface area contributed by atoms with Gasteiger partial charge in [0, 0.05) is 56.2 Å². The minimum absolute atomic E-state index is 0.00100. The molecule has 12 nitrogen and oxygen atoms in total. The van der Waals surface area contributed by atoms with Gasteiger partial charge in [0.2, 0.25) is 12.1 Å². The number of rotatable bonds is 20. The number of fused-ring (bicyclic) bond motifs is 3. The molecule has 4 aromatic carbocycles. The second-order valence-corrected chi connectivity index (χ2v) is 18.0. The number of carbonyl (C=O) groups is 2. The summed E-state index contributed by atoms with van der Waals surface area (Å²) in [6, 6.07) is 28.4. The van der Waals surface area contributed by atoms with E-state index >= 15 is 4.79 Å². The lowest BCUT2D eigenvalue weighted by Crippen LogP contribution is -2.70. The molecule has 12 heteroatoms. The van der Waals surface area contributed by atoms with Crippen LogP contribution in [-0.2, 0) is 20.9 Å². The highest BCUT2D eigenvalue weighted by Gasteiger charge is 2.65. The summed E-state index contributed by atoms with van der Waals surface area (Å²) >= 11 is 0. The van der Waals surface area contributed by atoms with Crippen molar-refractivity contribution in [1.29, 1.82) is 0 Å². The van der Waals surface area contributed by atoms with E-state index < -0.39 is 30.1 Å². The van der Waals surface area contributed by atoms with Crippen molar-refractivity contribution in [3.05, 3.63) is 132 Å². The molecule has 1 saturated carbocycles. The van der Waals surface area contributed by atoms with Gasteiger partial charge in [0.25, 0.3) is 5.91 Å². The average molecular weight is 900 g/mol. The predicted molar refractivity (Wildman–Crippen MR) is 254 cm³/mol. The molecule has 2 aliphatic carbocycles. The number of unbranched alkanes of at least 4 members (excludes halogenated alkanes) is 2. The molecule has 350 valence electrons. The molecule has 3 N–H and O–H groups in total. The van der Waals surface area contributed by atoms with Gasteiger partial charge >= 0.3 is 6.09 Å². The van der Waals surface area contributed by atoms with Crippen LogP contribution in [0.25, 0.3) is 10.8 Å². The number of carbonyl (C=O) groups excluding carboxylic acids is 2. The molecule has 2 amide bonds. The van der Waals surface area contributed by atoms with E-state index in [1.807, 2.05) is 89.8 Å². The van der Waals surface area contributed by atoms with Crippen LogP contribution in [-0.4, -0.2) is 83.9 Å². The van der Waals surface area contributed by atoms with Crippen molar-refractivity contribution in [3.8, 4) is 11.5 Å². The second-order valence-electron chi connectivity index (χ2n) is 18.0. The van der Waals surface area contributed by atoms with Crippen LogP contribution in [0.4, 0.5) is 4.79 Å². The van der Waals surface area contributed by atoms with E-state index in [0.717, 1.165) is 72.4 Å². The molecule has 8 rings (SSSR count). The lowest BCUT2D eigenvalue weighted by molar-refractivity contribution is -0.254. The monoisotopic (exact) mass is 899 g/mol. The van der Waals surface area contributed by atoms with Gasteiger partial charge in [0.15, 0.2) is 0 Å². The van der Waals surface area contributed by atoms with Gasteiger partial charge in [-0.25, -0.2) is 4.79 Å². The first kappa shape index (κ1) is 47.0. The van der Waals surface area contributed by atoms with E-state index in [1.165, 1.54) is 0 Å². The van der Waals surface area contributed by atoms with Crippen molar-refractivity contribution in [2.75, 3.05) is 33.0 Å². The van der Waals surface area contributed by atoms with Gasteiger partial charge in [-0.15, -0.1) is 6.58 Å². The Balaban J connectivity index is 1.29. The first-order valence-corrected chi connectivity index (χ1v) is 24.0. The Morgan fingerprint density at radius 1 is 0.939 bits per heavy atom. The molecule has 7 unspecified atom stereocenters. The number of hydrogen-bond acceptors (Lipinski definition) is 10. The molecule has 66 heavy (non-hydrogen) atoms. The Morgan fingerprint density at radius 2 is 1.73 bits per heavy atom. The normalized spacial score (nSPS) is 24.9. The number of nitrogens with zero attached hydrogens (tertiary/aromatic N) is 2. The van der Waals surface area contributed by atoms with Crippen LogP contribution < -0.4 is 14.8 Å². The molecule has 0 aromatic heterocycles. The number of amides is 2. The number of oxime groups is 1. The van der Waals surface area contributed by atoms with Crippen LogP contribution in [0.15, 0.2) is 120 Å². The number of ether oxygens (including phenoxy) is 4. The number of aliphatic hydroxyl groups excluding tert-OH is 2. The summed E-state index contributed by atoms with van der Waals surface area (Å²) in [4.78, 5) is 36.9. The Hall–Kier alpha value is -5.53. The van der Waals surface area contributed by atoms with Crippen molar-refractivity contribution in [2.24, 2.45) is 22.9 Å². The fourth-order valence-electron chi connectivity index (χ4n) is 10.7. The van der Waals surface area contributed by atoms with E-state index in [1.54, 1.807) is 12.1 Å². The van der Waals surface area contributed by atoms with Gasteiger partial charge in [0.1, 0.15) is 17.5 Å². The molecule has 1 saturated heterocycles. The first-order chi connectivity index (χ1) is 32.4. The van der Waals surface area contributed by atoms with Crippen LogP contribution in [0.2, 0.25) is 0 Å². The maximum Gasteiger partial charge on any atom is 0.412 e. The van der Waals surface area contributed by atoms with Crippen molar-refractivity contribution < 1.29 is 43.6 Å². The summed E-state index contributed by atoms with van der Waals surface area (Å²) in [6.07, 6.45) is 11.0. The molecule has 0 radical (unpaired) electrons. The molecule has 4 aliphatic rings. The van der Waals surface area contributed by atoms with Gasteiger partial charge < -0.3 is 44.2 Å². The molecule has 7 atom stereocenters. The molecular formula is C54H65N3O9. The summed E-state index contributed by atoms with van der Waals surface area (Å²) in [6.45, 7) is 7.76. The zero-order chi connectivity index (χ0) is 45.9. The summed E-state index contributed by atoms with van der Waals surface area (Å²) in [5, 5.41) is 29.9. The Kier molecular flexibility index (Phi) is 15.9. The summed E-state index contributed by atoms with van der Waals surface area (Å²) in [7, 11) is 0. The summed E-state index contributed by atoms with van der Waals surface area (Å²) in [5.74, 6) is -1.41. The average Bonchev–Trinajstić information content (AvgIpc) is 3.35. The van der Waals surface area contributed by atoms with Gasteiger partial charge in [0.05, 0.1) is 24.8 Å². The van der Waals surface area contributed by atoms with Crippen LogP contribution in [0.3, 0.4) is 0 Å². The minimum atomic E-state index is -1.43. The molecular weight excluding hydrogens is 835 g/mol. The fraction of sp³-hybridized carbons (Fsp3) is 0.463. The Bertz CT molecular complexity index is 2350. The van der Waals surface area contributed by atoms with Crippen LogP contribution >= 0.6 is 0 Å². The van der Waals surface area contributed by atoms with Crippen molar-refractivity contribution in [3.63, 3.8) is 0 Å². The smallest absolute Gasteiger partial charge is 0.412 e. The van der Waals surface area contributed by atoms with E-state index in [9.17, 15) is 15.0 Å². The maximum absolute atomic E-state index is 15.3. The second kappa shape index (κ2) is 22.3. The number of allylic oxidation sites excluding steroid dienone is 1. The van der Waals surface area contributed by atoms with Gasteiger partial charge in [-0.2, -0.15) is 0 Å². The number of aliphatic hydroxyl groups is 2. The van der Waals surface area contributed by atoms with Crippen molar-refractivity contribution in [2.45, 2.75) is 108 Å². The molecule has 2 heterocycles. The quantitative estimate of drug-likeness (QED) is 0.0448. The lowest BCUT2D eigenvalue weighted by atomic mass is 9.55. The largest absolute Gasteiger partial charge is 0.459 e. The number of benzene rings is 4. The van der Waals surface area contributed by atoms with E-state index in [0.29, 0.717) is 61.7 Å². The predicted octanol–water partition coefficient (Wildman–Crippen LogP) is 9.84. The molecule has 0 bridgehead atoms. The molecule has 4 aromatic rings. The highest BCUT2D eigenvalue weighted by atomic mass is 16.8.